The van der Waals surface area contributed by atoms with Gasteiger partial charge in [-0.2, -0.15) is 0 Å². The highest BCUT2D eigenvalue weighted by Crippen LogP contribution is 2.48. The Kier molecular flexibility index (Phi) is 6.06. The molecule has 6 heteroatoms. The van der Waals surface area contributed by atoms with Gasteiger partial charge in [0.2, 0.25) is 0 Å². The van der Waals surface area contributed by atoms with E-state index in [2.05, 4.69) is 13.8 Å². The number of allylic oxidation sites excluding steroid dienone is 2. The maximum absolute atomic E-state index is 13.3. The first-order valence-corrected chi connectivity index (χ1v) is 10.3. The number of ketones is 1. The number of esters is 1. The topological polar surface area (TPSA) is 74.2 Å². The van der Waals surface area contributed by atoms with Crippen molar-refractivity contribution >= 4 is 17.5 Å². The van der Waals surface area contributed by atoms with Crippen molar-refractivity contribution in [1.29, 1.82) is 0 Å². The lowest BCUT2D eigenvalue weighted by atomic mass is 9.67. The summed E-state index contributed by atoms with van der Waals surface area (Å²) in [7, 11) is 3.14. The molecule has 1 heterocycles. The third kappa shape index (κ3) is 4.13. The Morgan fingerprint density at radius 2 is 1.80 bits per heavy atom. The van der Waals surface area contributed by atoms with Crippen LogP contribution in [0.4, 0.5) is 0 Å². The van der Waals surface area contributed by atoms with Crippen LogP contribution in [0.25, 0.3) is 0 Å². The number of ether oxygens (including phenoxy) is 3. The van der Waals surface area contributed by atoms with E-state index >= 15 is 0 Å². The molecule has 0 aromatic heterocycles. The molecule has 162 valence electrons. The van der Waals surface area contributed by atoms with Crippen molar-refractivity contribution in [2.75, 3.05) is 14.2 Å². The van der Waals surface area contributed by atoms with E-state index in [9.17, 15) is 9.59 Å². The van der Waals surface area contributed by atoms with E-state index < -0.39 is 11.8 Å². The van der Waals surface area contributed by atoms with Gasteiger partial charge in [0.25, 0.3) is 0 Å². The van der Waals surface area contributed by atoms with E-state index in [1.165, 1.54) is 0 Å². The summed E-state index contributed by atoms with van der Waals surface area (Å²) in [5, 5.41) is 0. The first-order valence-electron chi connectivity index (χ1n) is 10.3. The highest BCUT2D eigenvalue weighted by atomic mass is 16.5. The minimum absolute atomic E-state index is 0.0413. The van der Waals surface area contributed by atoms with Crippen molar-refractivity contribution in [2.24, 2.45) is 16.3 Å². The number of methoxy groups -OCH3 is 2. The highest BCUT2D eigenvalue weighted by Gasteiger charge is 2.46. The second kappa shape index (κ2) is 8.25. The summed E-state index contributed by atoms with van der Waals surface area (Å²) >= 11 is 0. The minimum atomic E-state index is -0.658. The van der Waals surface area contributed by atoms with Gasteiger partial charge in [-0.25, -0.2) is 0 Å². The number of Topliss-reactive ketones (excluding diaryl/α,β-unsaturated/α-hetero) is 1. The fourth-order valence-electron chi connectivity index (χ4n) is 4.46. The van der Waals surface area contributed by atoms with Crippen LogP contribution in [0.2, 0.25) is 0 Å². The lowest BCUT2D eigenvalue weighted by Gasteiger charge is -2.39. The zero-order valence-electron chi connectivity index (χ0n) is 18.9. The Balaban J connectivity index is 2.19. The maximum Gasteiger partial charge on any atom is 0.315 e. The van der Waals surface area contributed by atoms with Crippen LogP contribution >= 0.6 is 0 Å². The Bertz CT molecular complexity index is 926. The molecule has 0 saturated carbocycles. The van der Waals surface area contributed by atoms with Gasteiger partial charge < -0.3 is 14.2 Å². The van der Waals surface area contributed by atoms with Crippen LogP contribution in [0.3, 0.4) is 0 Å². The monoisotopic (exact) mass is 413 g/mol. The number of hydrogen-bond donors (Lipinski definition) is 0. The average molecular weight is 414 g/mol. The summed E-state index contributed by atoms with van der Waals surface area (Å²) in [6, 6.07) is 5.53. The van der Waals surface area contributed by atoms with Crippen LogP contribution in [-0.4, -0.2) is 37.8 Å². The average Bonchev–Trinajstić information content (AvgIpc) is 2.64. The van der Waals surface area contributed by atoms with Crippen LogP contribution in [0, 0.1) is 11.3 Å². The van der Waals surface area contributed by atoms with Crippen LogP contribution in [0.5, 0.6) is 11.5 Å². The lowest BCUT2D eigenvalue weighted by molar-refractivity contribution is -0.150. The number of carbonyl (C=O) groups is 2. The van der Waals surface area contributed by atoms with Gasteiger partial charge >= 0.3 is 5.97 Å². The molecule has 0 spiro atoms. The largest absolute Gasteiger partial charge is 0.493 e. The van der Waals surface area contributed by atoms with Crippen molar-refractivity contribution in [3.05, 3.63) is 35.0 Å². The molecule has 0 amide bonds. The first-order chi connectivity index (χ1) is 14.1. The summed E-state index contributed by atoms with van der Waals surface area (Å²) in [5.74, 6) is -0.303. The van der Waals surface area contributed by atoms with E-state index in [-0.39, 0.29) is 23.3 Å². The van der Waals surface area contributed by atoms with E-state index in [0.29, 0.717) is 35.6 Å². The molecule has 30 heavy (non-hydrogen) atoms. The van der Waals surface area contributed by atoms with Crippen LogP contribution in [0.1, 0.15) is 58.9 Å². The Morgan fingerprint density at radius 1 is 1.13 bits per heavy atom. The molecule has 0 fully saturated rings. The second-order valence-electron chi connectivity index (χ2n) is 9.11. The zero-order valence-corrected chi connectivity index (χ0v) is 18.9. The third-order valence-corrected chi connectivity index (χ3v) is 5.67. The molecule has 1 aromatic carbocycles. The predicted octanol–water partition coefficient (Wildman–Crippen LogP) is 4.47. The maximum atomic E-state index is 13.3. The summed E-state index contributed by atoms with van der Waals surface area (Å²) < 4.78 is 16.4. The van der Waals surface area contributed by atoms with Crippen molar-refractivity contribution in [3.63, 3.8) is 0 Å². The van der Waals surface area contributed by atoms with E-state index in [4.69, 9.17) is 19.2 Å². The molecule has 1 aromatic rings. The Morgan fingerprint density at radius 3 is 2.40 bits per heavy atom. The SMILES string of the molecule is COc1ccc([C@@H]2C3=C(CC(C)(C)CC3=O)N=C(C)C2C(=O)OC(C)C)cc1OC. The fourth-order valence-corrected chi connectivity index (χ4v) is 4.46. The standard InChI is InChI=1S/C24H31NO5/c1-13(2)30-23(27)20-14(3)25-16-11-24(4,5)12-17(26)22(16)21(20)15-8-9-18(28-6)19(10-15)29-7/h8-10,13,20-21H,11-12H2,1-7H3/t20?,21-/m0/s1. The predicted molar refractivity (Wildman–Crippen MR) is 115 cm³/mol. The first kappa shape index (κ1) is 22.1. The summed E-state index contributed by atoms with van der Waals surface area (Å²) in [6.45, 7) is 9.62. The van der Waals surface area contributed by atoms with Gasteiger partial charge in [-0.3, -0.25) is 14.6 Å². The molecule has 1 aliphatic heterocycles. The highest BCUT2D eigenvalue weighted by molar-refractivity contribution is 6.09. The van der Waals surface area contributed by atoms with Gasteiger partial charge in [0.1, 0.15) is 5.92 Å². The molecule has 0 radical (unpaired) electrons. The molecular weight excluding hydrogens is 382 g/mol. The van der Waals surface area contributed by atoms with Crippen LogP contribution in [-0.2, 0) is 14.3 Å². The summed E-state index contributed by atoms with van der Waals surface area (Å²) in [4.78, 5) is 31.1. The molecular formula is C24H31NO5. The number of nitrogens with zero attached hydrogens (tertiary/aromatic N) is 1. The minimum Gasteiger partial charge on any atom is -0.493 e. The smallest absolute Gasteiger partial charge is 0.315 e. The lowest BCUT2D eigenvalue weighted by Crippen LogP contribution is -2.40. The Labute approximate surface area is 178 Å². The quantitative estimate of drug-likeness (QED) is 0.666. The molecule has 2 aliphatic rings. The third-order valence-electron chi connectivity index (χ3n) is 5.67. The van der Waals surface area contributed by atoms with Gasteiger partial charge in [-0.1, -0.05) is 19.9 Å². The molecule has 0 saturated heterocycles. The van der Waals surface area contributed by atoms with Gasteiger partial charge in [0.05, 0.1) is 20.3 Å². The van der Waals surface area contributed by atoms with Crippen molar-refractivity contribution in [1.82, 2.24) is 0 Å². The molecule has 3 rings (SSSR count). The van der Waals surface area contributed by atoms with Crippen LogP contribution < -0.4 is 9.47 Å². The summed E-state index contributed by atoms with van der Waals surface area (Å²) in [5.41, 5.74) is 2.73. The Hall–Kier alpha value is -2.63. The normalized spacial score (nSPS) is 23.1. The van der Waals surface area contributed by atoms with E-state index in [0.717, 1.165) is 11.3 Å². The molecule has 0 bridgehead atoms. The van der Waals surface area contributed by atoms with Gasteiger partial charge in [-0.05, 0) is 50.3 Å². The van der Waals surface area contributed by atoms with E-state index in [1.807, 2.05) is 32.9 Å². The number of rotatable bonds is 5. The second-order valence-corrected chi connectivity index (χ2v) is 9.11. The molecule has 2 atom stereocenters. The van der Waals surface area contributed by atoms with Gasteiger partial charge in [0, 0.05) is 29.3 Å². The van der Waals surface area contributed by atoms with Crippen molar-refractivity contribution in [2.45, 2.75) is 59.5 Å². The van der Waals surface area contributed by atoms with Crippen LogP contribution in [0.15, 0.2) is 34.5 Å². The van der Waals surface area contributed by atoms with Crippen molar-refractivity contribution < 1.29 is 23.8 Å². The molecule has 1 unspecified atom stereocenters. The number of benzene rings is 1. The molecule has 0 N–H and O–H groups in total. The fraction of sp³-hybridized carbons (Fsp3) is 0.542. The van der Waals surface area contributed by atoms with Crippen molar-refractivity contribution in [3.8, 4) is 11.5 Å². The summed E-state index contributed by atoms with van der Waals surface area (Å²) in [6.07, 6.45) is 0.866. The molecule has 6 nitrogen and oxygen atoms in total. The number of carbonyl (C=O) groups excluding carboxylic acids is 2. The number of hydrogen-bond acceptors (Lipinski definition) is 6. The van der Waals surface area contributed by atoms with E-state index in [1.54, 1.807) is 20.3 Å². The number of aliphatic imine (C=N–C) groups is 1. The zero-order chi connectivity index (χ0) is 22.2. The van der Waals surface area contributed by atoms with Gasteiger partial charge in [0.15, 0.2) is 17.3 Å². The van der Waals surface area contributed by atoms with Gasteiger partial charge in [-0.15, -0.1) is 0 Å². The molecule has 1 aliphatic carbocycles.